The lowest BCUT2D eigenvalue weighted by Crippen LogP contribution is -2.52. The Kier molecular flexibility index (Phi) is 4.24. The normalized spacial score (nSPS) is 25.7. The molecule has 2 atom stereocenters. The minimum atomic E-state index is -0.863. The van der Waals surface area contributed by atoms with E-state index in [4.69, 9.17) is 5.11 Å². The zero-order valence-electron chi connectivity index (χ0n) is 10.7. The fourth-order valence-corrected chi connectivity index (χ4v) is 2.74. The molecule has 0 bridgehead atoms. The first-order chi connectivity index (χ1) is 9.09. The number of hydrogen-bond donors (Lipinski definition) is 3. The Morgan fingerprint density at radius 2 is 2.26 bits per heavy atom. The summed E-state index contributed by atoms with van der Waals surface area (Å²) in [6.45, 7) is 1.52. The van der Waals surface area contributed by atoms with Crippen molar-refractivity contribution in [1.82, 2.24) is 15.5 Å². The zero-order chi connectivity index (χ0) is 13.8. The van der Waals surface area contributed by atoms with Gasteiger partial charge in [0, 0.05) is 26.1 Å². The molecule has 0 spiro atoms. The zero-order valence-corrected chi connectivity index (χ0v) is 10.7. The largest absolute Gasteiger partial charge is 0.481 e. The van der Waals surface area contributed by atoms with Gasteiger partial charge in [0.1, 0.15) is 0 Å². The number of piperidine rings is 1. The first-order valence-electron chi connectivity index (χ1n) is 6.63. The molecule has 0 aliphatic carbocycles. The summed E-state index contributed by atoms with van der Waals surface area (Å²) < 4.78 is 0. The van der Waals surface area contributed by atoms with E-state index in [0.717, 1.165) is 12.8 Å². The predicted octanol–water partition coefficient (Wildman–Crippen LogP) is -0.229. The molecule has 0 aromatic carbocycles. The van der Waals surface area contributed by atoms with Crippen LogP contribution in [0.25, 0.3) is 0 Å². The van der Waals surface area contributed by atoms with Crippen LogP contribution in [0.3, 0.4) is 0 Å². The number of carbonyl (C=O) groups is 3. The number of carbonyl (C=O) groups excluding carboxylic acids is 2. The molecule has 0 radical (unpaired) electrons. The third kappa shape index (κ3) is 3.15. The highest BCUT2D eigenvalue weighted by molar-refractivity contribution is 5.84. The number of fused-ring (bicyclic) bond motifs is 1. The van der Waals surface area contributed by atoms with Crippen LogP contribution >= 0.6 is 0 Å². The summed E-state index contributed by atoms with van der Waals surface area (Å²) in [5, 5.41) is 14.0. The Morgan fingerprint density at radius 1 is 1.47 bits per heavy atom. The topological polar surface area (TPSA) is 98.7 Å². The highest BCUT2D eigenvalue weighted by atomic mass is 16.4. The number of nitrogens with zero attached hydrogens (tertiary/aromatic N) is 1. The molecule has 2 heterocycles. The summed E-state index contributed by atoms with van der Waals surface area (Å²) in [6, 6.07) is -0.252. The molecule has 3 N–H and O–H groups in total. The van der Waals surface area contributed by atoms with Gasteiger partial charge >= 0.3 is 12.0 Å². The Balaban J connectivity index is 1.81. The fourth-order valence-electron chi connectivity index (χ4n) is 2.74. The van der Waals surface area contributed by atoms with Crippen molar-refractivity contribution < 1.29 is 19.5 Å². The Hall–Kier alpha value is -1.79. The number of hydrogen-bond acceptors (Lipinski definition) is 3. The van der Waals surface area contributed by atoms with E-state index in [9.17, 15) is 14.4 Å². The highest BCUT2D eigenvalue weighted by Gasteiger charge is 2.42. The van der Waals surface area contributed by atoms with E-state index < -0.39 is 5.97 Å². The van der Waals surface area contributed by atoms with Gasteiger partial charge in [0.15, 0.2) is 0 Å². The van der Waals surface area contributed by atoms with Crippen molar-refractivity contribution in [3.05, 3.63) is 0 Å². The minimum Gasteiger partial charge on any atom is -0.481 e. The maximum absolute atomic E-state index is 12.0. The number of carboxylic acids is 1. The highest BCUT2D eigenvalue weighted by Crippen LogP contribution is 2.27. The number of urea groups is 1. The lowest BCUT2D eigenvalue weighted by molar-refractivity contribution is -0.137. The summed E-state index contributed by atoms with van der Waals surface area (Å²) in [4.78, 5) is 35.7. The van der Waals surface area contributed by atoms with Crippen LogP contribution in [0.5, 0.6) is 0 Å². The Labute approximate surface area is 111 Å². The molecule has 7 heteroatoms. The number of nitrogens with one attached hydrogen (secondary N) is 2. The van der Waals surface area contributed by atoms with E-state index in [2.05, 4.69) is 10.6 Å². The minimum absolute atomic E-state index is 0.0355. The van der Waals surface area contributed by atoms with Crippen molar-refractivity contribution in [3.8, 4) is 0 Å². The third-order valence-corrected chi connectivity index (χ3v) is 3.71. The van der Waals surface area contributed by atoms with Gasteiger partial charge in [-0.1, -0.05) is 0 Å². The summed E-state index contributed by atoms with van der Waals surface area (Å²) in [7, 11) is 0. The van der Waals surface area contributed by atoms with E-state index in [-0.39, 0.29) is 30.3 Å². The summed E-state index contributed by atoms with van der Waals surface area (Å²) in [5.41, 5.74) is 0. The molecule has 2 rings (SSSR count). The van der Waals surface area contributed by atoms with Crippen LogP contribution in [-0.4, -0.2) is 53.6 Å². The standard InChI is InChI=1S/C12H19N3O4/c16-10(17)4-1-5-13-12(19)15-6-2-3-8-9(15)7-14-11(8)18/h8-9H,1-7H2,(H,13,19)(H,14,18)(H,16,17). The maximum atomic E-state index is 12.0. The Morgan fingerprint density at radius 3 is 3.00 bits per heavy atom. The van der Waals surface area contributed by atoms with Gasteiger partial charge in [-0.25, -0.2) is 4.79 Å². The molecule has 2 fully saturated rings. The SMILES string of the molecule is O=C(O)CCCNC(=O)N1CCCC2C(=O)NCC21. The molecule has 19 heavy (non-hydrogen) atoms. The van der Waals surface area contributed by atoms with Gasteiger partial charge in [-0.3, -0.25) is 9.59 Å². The molecule has 7 nitrogen and oxygen atoms in total. The number of carboxylic acid groups (broad SMARTS) is 1. The van der Waals surface area contributed by atoms with Crippen LogP contribution in [0.15, 0.2) is 0 Å². The van der Waals surface area contributed by atoms with Gasteiger partial charge < -0.3 is 20.6 Å². The van der Waals surface area contributed by atoms with Crippen LogP contribution < -0.4 is 10.6 Å². The van der Waals surface area contributed by atoms with E-state index in [1.54, 1.807) is 4.90 Å². The predicted molar refractivity (Wildman–Crippen MR) is 66.5 cm³/mol. The molecule has 2 aliphatic heterocycles. The van der Waals surface area contributed by atoms with Gasteiger partial charge in [0.05, 0.1) is 12.0 Å². The van der Waals surface area contributed by atoms with E-state index >= 15 is 0 Å². The summed E-state index contributed by atoms with van der Waals surface area (Å²) >= 11 is 0. The number of rotatable bonds is 4. The average Bonchev–Trinajstić information content (AvgIpc) is 2.76. The molecular formula is C12H19N3O4. The number of amides is 3. The lowest BCUT2D eigenvalue weighted by Gasteiger charge is -2.35. The fraction of sp³-hybridized carbons (Fsp3) is 0.750. The molecule has 2 saturated heterocycles. The maximum Gasteiger partial charge on any atom is 0.317 e. The van der Waals surface area contributed by atoms with Crippen LogP contribution in [0.2, 0.25) is 0 Å². The number of likely N-dealkylation sites (tertiary alicyclic amines) is 1. The van der Waals surface area contributed by atoms with Crippen molar-refractivity contribution in [2.75, 3.05) is 19.6 Å². The van der Waals surface area contributed by atoms with E-state index in [0.29, 0.717) is 26.1 Å². The first-order valence-corrected chi connectivity index (χ1v) is 6.63. The van der Waals surface area contributed by atoms with E-state index in [1.165, 1.54) is 0 Å². The lowest BCUT2D eigenvalue weighted by atomic mass is 9.92. The third-order valence-electron chi connectivity index (χ3n) is 3.71. The van der Waals surface area contributed by atoms with Gasteiger partial charge in [-0.2, -0.15) is 0 Å². The average molecular weight is 269 g/mol. The van der Waals surface area contributed by atoms with Crippen LogP contribution in [0.4, 0.5) is 4.79 Å². The molecule has 2 unspecified atom stereocenters. The molecule has 0 aromatic rings. The monoisotopic (exact) mass is 269 g/mol. The quantitative estimate of drug-likeness (QED) is 0.614. The van der Waals surface area contributed by atoms with Crippen molar-refractivity contribution in [3.63, 3.8) is 0 Å². The summed E-state index contributed by atoms with van der Waals surface area (Å²) in [5.74, 6) is -0.912. The molecule has 0 saturated carbocycles. The Bertz CT molecular complexity index is 385. The molecule has 106 valence electrons. The molecule has 3 amide bonds. The summed E-state index contributed by atoms with van der Waals surface area (Å²) in [6.07, 6.45) is 2.13. The molecule has 0 aromatic heterocycles. The molecule has 2 aliphatic rings. The van der Waals surface area contributed by atoms with Gasteiger partial charge in [-0.15, -0.1) is 0 Å². The van der Waals surface area contributed by atoms with Crippen molar-refractivity contribution >= 4 is 17.9 Å². The van der Waals surface area contributed by atoms with Crippen LogP contribution in [0.1, 0.15) is 25.7 Å². The van der Waals surface area contributed by atoms with Crippen molar-refractivity contribution in [2.45, 2.75) is 31.7 Å². The second-order valence-corrected chi connectivity index (χ2v) is 4.98. The smallest absolute Gasteiger partial charge is 0.317 e. The van der Waals surface area contributed by atoms with Crippen LogP contribution in [-0.2, 0) is 9.59 Å². The first kappa shape index (κ1) is 13.6. The van der Waals surface area contributed by atoms with Crippen molar-refractivity contribution in [1.29, 1.82) is 0 Å². The second-order valence-electron chi connectivity index (χ2n) is 4.98. The number of aliphatic carboxylic acids is 1. The van der Waals surface area contributed by atoms with Crippen LogP contribution in [0, 0.1) is 5.92 Å². The second kappa shape index (κ2) is 5.90. The van der Waals surface area contributed by atoms with Gasteiger partial charge in [0.2, 0.25) is 5.91 Å². The van der Waals surface area contributed by atoms with Gasteiger partial charge in [-0.05, 0) is 19.3 Å². The van der Waals surface area contributed by atoms with Crippen molar-refractivity contribution in [2.24, 2.45) is 5.92 Å². The molecular weight excluding hydrogens is 250 g/mol. The van der Waals surface area contributed by atoms with E-state index in [1.807, 2.05) is 0 Å². The van der Waals surface area contributed by atoms with Gasteiger partial charge in [0.25, 0.3) is 0 Å².